The van der Waals surface area contributed by atoms with Crippen molar-refractivity contribution < 1.29 is 13.5 Å². The lowest BCUT2D eigenvalue weighted by molar-refractivity contribution is 0.195. The average Bonchev–Trinajstić information content (AvgIpc) is 2.38. The van der Waals surface area contributed by atoms with Crippen molar-refractivity contribution in [1.82, 2.24) is 4.31 Å². The third-order valence-corrected chi connectivity index (χ3v) is 5.99. The van der Waals surface area contributed by atoms with Crippen LogP contribution in [0.1, 0.15) is 45.3 Å². The Bertz CT molecular complexity index is 551. The van der Waals surface area contributed by atoms with E-state index in [4.69, 9.17) is 0 Å². The van der Waals surface area contributed by atoms with E-state index in [1.807, 2.05) is 0 Å². The molecule has 1 unspecified atom stereocenters. The zero-order valence-electron chi connectivity index (χ0n) is 12.3. The SMILES string of the molecule is CC(O)c1ccc(S(=O)(=O)N2CCC(C)(C)CC2)cc1. The van der Waals surface area contributed by atoms with Gasteiger partial charge in [0.2, 0.25) is 10.0 Å². The van der Waals surface area contributed by atoms with Crippen LogP contribution in [0.2, 0.25) is 0 Å². The van der Waals surface area contributed by atoms with Crippen LogP contribution in [0.25, 0.3) is 0 Å². The fraction of sp³-hybridized carbons (Fsp3) is 0.600. The maximum Gasteiger partial charge on any atom is 0.243 e. The van der Waals surface area contributed by atoms with E-state index in [0.29, 0.717) is 18.0 Å². The predicted molar refractivity (Wildman–Crippen MR) is 78.8 cm³/mol. The summed E-state index contributed by atoms with van der Waals surface area (Å²) in [6, 6.07) is 6.51. The van der Waals surface area contributed by atoms with Crippen LogP contribution in [0.5, 0.6) is 0 Å². The summed E-state index contributed by atoms with van der Waals surface area (Å²) >= 11 is 0. The van der Waals surface area contributed by atoms with Gasteiger partial charge in [0.15, 0.2) is 0 Å². The number of hydrogen-bond donors (Lipinski definition) is 1. The Morgan fingerprint density at radius 3 is 2.10 bits per heavy atom. The van der Waals surface area contributed by atoms with Gasteiger partial charge in [-0.3, -0.25) is 0 Å². The van der Waals surface area contributed by atoms with E-state index in [9.17, 15) is 13.5 Å². The van der Waals surface area contributed by atoms with E-state index in [2.05, 4.69) is 13.8 Å². The summed E-state index contributed by atoms with van der Waals surface area (Å²) in [6.45, 7) is 7.17. The number of benzene rings is 1. The second-order valence-corrected chi connectivity index (χ2v) is 8.25. The van der Waals surface area contributed by atoms with Gasteiger partial charge in [0.25, 0.3) is 0 Å². The molecule has 1 N–H and O–H groups in total. The lowest BCUT2D eigenvalue weighted by atomic mass is 9.83. The van der Waals surface area contributed by atoms with Crippen LogP contribution in [0, 0.1) is 5.41 Å². The molecule has 1 aliphatic rings. The smallest absolute Gasteiger partial charge is 0.243 e. The summed E-state index contributed by atoms with van der Waals surface area (Å²) in [5.41, 5.74) is 0.950. The summed E-state index contributed by atoms with van der Waals surface area (Å²) in [6.07, 6.45) is 1.19. The first-order chi connectivity index (χ1) is 9.22. The fourth-order valence-electron chi connectivity index (χ4n) is 2.40. The minimum Gasteiger partial charge on any atom is -0.389 e. The van der Waals surface area contributed by atoms with Gasteiger partial charge in [-0.1, -0.05) is 26.0 Å². The summed E-state index contributed by atoms with van der Waals surface area (Å²) in [5.74, 6) is 0. The molecule has 1 aromatic carbocycles. The molecule has 0 aliphatic carbocycles. The molecule has 0 bridgehead atoms. The van der Waals surface area contributed by atoms with Gasteiger partial charge in [-0.05, 0) is 42.9 Å². The van der Waals surface area contributed by atoms with Gasteiger partial charge in [-0.2, -0.15) is 4.31 Å². The molecule has 0 radical (unpaired) electrons. The molecule has 1 fully saturated rings. The number of sulfonamides is 1. The summed E-state index contributed by atoms with van der Waals surface area (Å²) in [7, 11) is -3.40. The van der Waals surface area contributed by atoms with Gasteiger partial charge in [0.1, 0.15) is 0 Å². The Balaban J connectivity index is 2.18. The number of aliphatic hydroxyl groups is 1. The van der Waals surface area contributed by atoms with E-state index >= 15 is 0 Å². The molecule has 20 heavy (non-hydrogen) atoms. The Kier molecular flexibility index (Phi) is 4.23. The second-order valence-electron chi connectivity index (χ2n) is 6.31. The number of piperidine rings is 1. The lowest BCUT2D eigenvalue weighted by Crippen LogP contribution is -2.41. The standard InChI is InChI=1S/C15H23NO3S/c1-12(17)13-4-6-14(7-5-13)20(18,19)16-10-8-15(2,3)9-11-16/h4-7,12,17H,8-11H2,1-3H3. The van der Waals surface area contributed by atoms with Crippen LogP contribution in [0.15, 0.2) is 29.2 Å². The molecule has 1 heterocycles. The molecule has 1 saturated heterocycles. The van der Waals surface area contributed by atoms with Gasteiger partial charge >= 0.3 is 0 Å². The largest absolute Gasteiger partial charge is 0.389 e. The van der Waals surface area contributed by atoms with Crippen LogP contribution in [0.4, 0.5) is 0 Å². The highest BCUT2D eigenvalue weighted by Gasteiger charge is 2.32. The molecule has 4 nitrogen and oxygen atoms in total. The van der Waals surface area contributed by atoms with E-state index in [0.717, 1.165) is 18.4 Å². The molecule has 0 amide bonds. The summed E-state index contributed by atoms with van der Waals surface area (Å²) < 4.78 is 26.7. The number of aliphatic hydroxyl groups excluding tert-OH is 1. The molecule has 1 aliphatic heterocycles. The normalized spacial score (nSPS) is 21.6. The second kappa shape index (κ2) is 5.47. The van der Waals surface area contributed by atoms with Crippen molar-refractivity contribution in [2.75, 3.05) is 13.1 Å². The molecule has 0 aromatic heterocycles. The Labute approximate surface area is 121 Å². The van der Waals surface area contributed by atoms with E-state index in [1.54, 1.807) is 35.5 Å². The Morgan fingerprint density at radius 2 is 1.65 bits per heavy atom. The topological polar surface area (TPSA) is 57.6 Å². The van der Waals surface area contributed by atoms with Crippen molar-refractivity contribution in [1.29, 1.82) is 0 Å². The van der Waals surface area contributed by atoms with Crippen LogP contribution >= 0.6 is 0 Å². The number of hydrogen-bond acceptors (Lipinski definition) is 3. The molecular formula is C15H23NO3S. The zero-order chi connectivity index (χ0) is 15.0. The quantitative estimate of drug-likeness (QED) is 0.933. The highest BCUT2D eigenvalue weighted by atomic mass is 32.2. The Hall–Kier alpha value is -0.910. The monoisotopic (exact) mass is 297 g/mol. The van der Waals surface area contributed by atoms with Crippen LogP contribution in [-0.4, -0.2) is 30.9 Å². The minimum atomic E-state index is -3.40. The van der Waals surface area contributed by atoms with E-state index in [1.165, 1.54) is 0 Å². The van der Waals surface area contributed by atoms with Gasteiger partial charge < -0.3 is 5.11 Å². The van der Waals surface area contributed by atoms with Gasteiger partial charge in [-0.15, -0.1) is 0 Å². The van der Waals surface area contributed by atoms with Crippen LogP contribution in [0.3, 0.4) is 0 Å². The molecular weight excluding hydrogens is 274 g/mol. The lowest BCUT2D eigenvalue weighted by Gasteiger charge is -2.36. The molecule has 1 atom stereocenters. The van der Waals surface area contributed by atoms with Crippen molar-refractivity contribution in [3.05, 3.63) is 29.8 Å². The van der Waals surface area contributed by atoms with Crippen molar-refractivity contribution >= 4 is 10.0 Å². The third kappa shape index (κ3) is 3.22. The van der Waals surface area contributed by atoms with Gasteiger partial charge in [0.05, 0.1) is 11.0 Å². The van der Waals surface area contributed by atoms with Gasteiger partial charge in [-0.25, -0.2) is 8.42 Å². The summed E-state index contributed by atoms with van der Waals surface area (Å²) in [5, 5.41) is 9.46. The average molecular weight is 297 g/mol. The maximum absolute atomic E-state index is 12.5. The van der Waals surface area contributed by atoms with Crippen molar-refractivity contribution in [3.63, 3.8) is 0 Å². The zero-order valence-corrected chi connectivity index (χ0v) is 13.2. The molecule has 2 rings (SSSR count). The maximum atomic E-state index is 12.5. The molecule has 112 valence electrons. The molecule has 1 aromatic rings. The van der Waals surface area contributed by atoms with Crippen molar-refractivity contribution in [3.8, 4) is 0 Å². The van der Waals surface area contributed by atoms with Crippen LogP contribution < -0.4 is 0 Å². The highest BCUT2D eigenvalue weighted by molar-refractivity contribution is 7.89. The first-order valence-electron chi connectivity index (χ1n) is 7.01. The summed E-state index contributed by atoms with van der Waals surface area (Å²) in [4.78, 5) is 0.307. The van der Waals surface area contributed by atoms with E-state index < -0.39 is 16.1 Å². The van der Waals surface area contributed by atoms with Gasteiger partial charge in [0, 0.05) is 13.1 Å². The van der Waals surface area contributed by atoms with Crippen molar-refractivity contribution in [2.24, 2.45) is 5.41 Å². The van der Waals surface area contributed by atoms with E-state index in [-0.39, 0.29) is 5.41 Å². The Morgan fingerprint density at radius 1 is 1.15 bits per heavy atom. The predicted octanol–water partition coefficient (Wildman–Crippen LogP) is 2.55. The third-order valence-electron chi connectivity index (χ3n) is 4.08. The number of nitrogens with zero attached hydrogens (tertiary/aromatic N) is 1. The highest BCUT2D eigenvalue weighted by Crippen LogP contribution is 2.32. The van der Waals surface area contributed by atoms with Crippen LogP contribution in [-0.2, 0) is 10.0 Å². The molecule has 0 spiro atoms. The first kappa shape index (κ1) is 15.5. The van der Waals surface area contributed by atoms with Crippen molar-refractivity contribution in [2.45, 2.75) is 44.6 Å². The minimum absolute atomic E-state index is 0.224. The molecule has 5 heteroatoms. The fourth-order valence-corrected chi connectivity index (χ4v) is 3.84. The first-order valence-corrected chi connectivity index (χ1v) is 8.45. The molecule has 0 saturated carbocycles. The number of rotatable bonds is 3.